The summed E-state index contributed by atoms with van der Waals surface area (Å²) in [7, 11) is 0. The van der Waals surface area contributed by atoms with E-state index in [2.05, 4.69) is 42.5 Å². The summed E-state index contributed by atoms with van der Waals surface area (Å²) in [5, 5.41) is 0. The topological polar surface area (TPSA) is 77.0 Å². The highest BCUT2D eigenvalue weighted by Crippen LogP contribution is 2.15. The van der Waals surface area contributed by atoms with Gasteiger partial charge < -0.3 is 5.73 Å². The van der Waals surface area contributed by atoms with Gasteiger partial charge in [0.25, 0.3) is 0 Å². The zero-order valence-electron chi connectivity index (χ0n) is 12.1. The lowest BCUT2D eigenvalue weighted by molar-refractivity contribution is 0.522. The van der Waals surface area contributed by atoms with Crippen molar-refractivity contribution in [1.29, 1.82) is 0 Å². The predicted octanol–water partition coefficient (Wildman–Crippen LogP) is 1.90. The molecule has 1 heterocycles. The molecule has 0 aliphatic rings. The number of nitrogens with zero attached hydrogens (tertiary/aromatic N) is 1. The molecule has 1 unspecified atom stereocenters. The van der Waals surface area contributed by atoms with Crippen LogP contribution in [-0.4, -0.2) is 11.0 Å². The van der Waals surface area contributed by atoms with E-state index in [0.29, 0.717) is 0 Å². The fourth-order valence-corrected chi connectivity index (χ4v) is 2.54. The third kappa shape index (κ3) is 3.79. The Balaban J connectivity index is 2.11. The highest BCUT2D eigenvalue weighted by Gasteiger charge is 2.11. The number of rotatable bonds is 5. The van der Waals surface area contributed by atoms with Crippen molar-refractivity contribution in [3.63, 3.8) is 0 Å². The van der Waals surface area contributed by atoms with Gasteiger partial charge in [0, 0.05) is 24.1 Å². The fourth-order valence-electron chi connectivity index (χ4n) is 2.54. The van der Waals surface area contributed by atoms with Crippen LogP contribution in [0.3, 0.4) is 0 Å². The molecule has 0 saturated heterocycles. The van der Waals surface area contributed by atoms with Gasteiger partial charge in [-0.05, 0) is 43.9 Å². The number of anilines is 1. The minimum absolute atomic E-state index is 0.141. The number of aryl methyl sites for hydroxylation is 2. The monoisotopic (exact) mass is 270 g/mol. The van der Waals surface area contributed by atoms with Crippen LogP contribution >= 0.6 is 0 Å². The number of nitrogens with two attached hydrogens (primary N) is 2. The molecule has 0 fully saturated rings. The normalized spacial score (nSPS) is 12.3. The second-order valence-corrected chi connectivity index (χ2v) is 5.34. The molecule has 2 rings (SSSR count). The molecule has 1 aromatic carbocycles. The summed E-state index contributed by atoms with van der Waals surface area (Å²) in [6, 6.07) is 8.53. The Morgan fingerprint density at radius 2 is 1.85 bits per heavy atom. The molecular formula is C16H22N4. The van der Waals surface area contributed by atoms with Gasteiger partial charge in [0.2, 0.25) is 0 Å². The molecule has 4 nitrogen and oxygen atoms in total. The van der Waals surface area contributed by atoms with Gasteiger partial charge in [-0.15, -0.1) is 0 Å². The van der Waals surface area contributed by atoms with Crippen molar-refractivity contribution in [3.05, 3.63) is 58.9 Å². The zero-order chi connectivity index (χ0) is 14.5. The number of pyridine rings is 1. The standard InChI is InChI=1S/C16H22N4/c1-11-5-12(2)7-13(6-11)8-15(20-18)9-14-10-19-4-3-16(14)17/h3-7,10,15,20H,8-9,18H2,1-2H3,(H2,17,19). The van der Waals surface area contributed by atoms with E-state index in [-0.39, 0.29) is 6.04 Å². The number of hydrogen-bond acceptors (Lipinski definition) is 4. The quantitative estimate of drug-likeness (QED) is 0.573. The van der Waals surface area contributed by atoms with Gasteiger partial charge in [-0.3, -0.25) is 16.3 Å². The maximum absolute atomic E-state index is 5.96. The van der Waals surface area contributed by atoms with Gasteiger partial charge >= 0.3 is 0 Å². The summed E-state index contributed by atoms with van der Waals surface area (Å²) in [5.74, 6) is 5.68. The first-order valence-corrected chi connectivity index (χ1v) is 6.80. The first-order valence-electron chi connectivity index (χ1n) is 6.80. The maximum atomic E-state index is 5.96. The molecule has 1 aromatic heterocycles. The highest BCUT2D eigenvalue weighted by molar-refractivity contribution is 5.44. The van der Waals surface area contributed by atoms with E-state index < -0.39 is 0 Å². The summed E-state index contributed by atoms with van der Waals surface area (Å²) in [6.45, 7) is 4.22. The molecule has 0 amide bonds. The molecule has 0 radical (unpaired) electrons. The second kappa shape index (κ2) is 6.50. The molecule has 0 saturated carbocycles. The fraction of sp³-hybridized carbons (Fsp3) is 0.312. The lowest BCUT2D eigenvalue weighted by Gasteiger charge is -2.17. The average Bonchev–Trinajstić information content (AvgIpc) is 2.39. The third-order valence-corrected chi connectivity index (χ3v) is 3.41. The minimum atomic E-state index is 0.141. The van der Waals surface area contributed by atoms with Crippen LogP contribution in [0.25, 0.3) is 0 Å². The molecule has 2 aromatic rings. The van der Waals surface area contributed by atoms with Gasteiger partial charge in [0.15, 0.2) is 0 Å². The van der Waals surface area contributed by atoms with E-state index in [1.54, 1.807) is 12.4 Å². The van der Waals surface area contributed by atoms with Crippen molar-refractivity contribution < 1.29 is 0 Å². The van der Waals surface area contributed by atoms with Gasteiger partial charge in [-0.2, -0.15) is 0 Å². The van der Waals surface area contributed by atoms with Crippen LogP contribution in [0.2, 0.25) is 0 Å². The van der Waals surface area contributed by atoms with Crippen molar-refractivity contribution in [2.75, 3.05) is 5.73 Å². The van der Waals surface area contributed by atoms with Gasteiger partial charge in [0.1, 0.15) is 0 Å². The summed E-state index contributed by atoms with van der Waals surface area (Å²) in [5.41, 5.74) is 14.5. The molecule has 4 heteroatoms. The Morgan fingerprint density at radius 1 is 1.15 bits per heavy atom. The van der Waals surface area contributed by atoms with E-state index >= 15 is 0 Å². The van der Waals surface area contributed by atoms with Crippen LogP contribution < -0.4 is 17.0 Å². The summed E-state index contributed by atoms with van der Waals surface area (Å²) >= 11 is 0. The molecule has 0 aliphatic heterocycles. The van der Waals surface area contributed by atoms with Crippen molar-refractivity contribution >= 4 is 5.69 Å². The van der Waals surface area contributed by atoms with E-state index in [0.717, 1.165) is 24.1 Å². The second-order valence-electron chi connectivity index (χ2n) is 5.34. The number of benzene rings is 1. The first kappa shape index (κ1) is 14.5. The average molecular weight is 270 g/mol. The van der Waals surface area contributed by atoms with Crippen molar-refractivity contribution in [3.8, 4) is 0 Å². The third-order valence-electron chi connectivity index (χ3n) is 3.41. The Labute approximate surface area is 120 Å². The van der Waals surface area contributed by atoms with Crippen LogP contribution in [0.5, 0.6) is 0 Å². The highest BCUT2D eigenvalue weighted by atomic mass is 15.2. The van der Waals surface area contributed by atoms with E-state index in [1.807, 2.05) is 6.07 Å². The van der Waals surface area contributed by atoms with Crippen LogP contribution in [0.4, 0.5) is 5.69 Å². The number of nitrogens with one attached hydrogen (secondary N) is 1. The summed E-state index contributed by atoms with van der Waals surface area (Å²) in [4.78, 5) is 4.12. The molecule has 0 bridgehead atoms. The molecular weight excluding hydrogens is 248 g/mol. The lowest BCUT2D eigenvalue weighted by Crippen LogP contribution is -2.38. The predicted molar refractivity (Wildman–Crippen MR) is 83.1 cm³/mol. The maximum Gasteiger partial charge on any atom is 0.0378 e. The summed E-state index contributed by atoms with van der Waals surface area (Å²) in [6.07, 6.45) is 5.14. The Hall–Kier alpha value is -1.91. The lowest BCUT2D eigenvalue weighted by atomic mass is 9.97. The molecule has 5 N–H and O–H groups in total. The van der Waals surface area contributed by atoms with Crippen LogP contribution in [0.1, 0.15) is 22.3 Å². The van der Waals surface area contributed by atoms with Crippen molar-refractivity contribution in [1.82, 2.24) is 10.4 Å². The smallest absolute Gasteiger partial charge is 0.0378 e. The molecule has 1 atom stereocenters. The number of aromatic nitrogens is 1. The van der Waals surface area contributed by atoms with E-state index in [4.69, 9.17) is 11.6 Å². The van der Waals surface area contributed by atoms with E-state index in [9.17, 15) is 0 Å². The molecule has 0 spiro atoms. The molecule has 106 valence electrons. The van der Waals surface area contributed by atoms with Crippen LogP contribution in [0, 0.1) is 13.8 Å². The van der Waals surface area contributed by atoms with E-state index in [1.165, 1.54) is 16.7 Å². The Bertz CT molecular complexity index is 560. The zero-order valence-corrected chi connectivity index (χ0v) is 12.1. The number of nitrogen functional groups attached to an aromatic ring is 1. The minimum Gasteiger partial charge on any atom is -0.398 e. The Kier molecular flexibility index (Phi) is 4.71. The van der Waals surface area contributed by atoms with Crippen LogP contribution in [0.15, 0.2) is 36.7 Å². The first-order chi connectivity index (χ1) is 9.58. The molecule has 0 aliphatic carbocycles. The van der Waals surface area contributed by atoms with Crippen LogP contribution in [-0.2, 0) is 12.8 Å². The Morgan fingerprint density at radius 3 is 2.45 bits per heavy atom. The number of hydrogen-bond donors (Lipinski definition) is 3. The van der Waals surface area contributed by atoms with Gasteiger partial charge in [-0.1, -0.05) is 29.3 Å². The van der Waals surface area contributed by atoms with Crippen molar-refractivity contribution in [2.45, 2.75) is 32.7 Å². The SMILES string of the molecule is Cc1cc(C)cc(CC(Cc2cnccc2N)NN)c1. The van der Waals surface area contributed by atoms with Crippen molar-refractivity contribution in [2.24, 2.45) is 5.84 Å². The number of hydrazine groups is 1. The summed E-state index contributed by atoms with van der Waals surface area (Å²) < 4.78 is 0. The molecule has 20 heavy (non-hydrogen) atoms. The van der Waals surface area contributed by atoms with Gasteiger partial charge in [-0.25, -0.2) is 0 Å². The van der Waals surface area contributed by atoms with Gasteiger partial charge in [0.05, 0.1) is 0 Å². The largest absolute Gasteiger partial charge is 0.398 e.